The summed E-state index contributed by atoms with van der Waals surface area (Å²) in [6.45, 7) is 2.87. The van der Waals surface area contributed by atoms with Gasteiger partial charge in [-0.2, -0.15) is 0 Å². The number of rotatable bonds is 5. The van der Waals surface area contributed by atoms with Crippen molar-refractivity contribution < 1.29 is 9.18 Å². The number of aryl methyl sites for hydroxylation is 1. The molecule has 1 aromatic carbocycles. The maximum absolute atomic E-state index is 12.8. The Labute approximate surface area is 139 Å². The minimum absolute atomic E-state index is 0.245. The van der Waals surface area contributed by atoms with E-state index in [2.05, 4.69) is 15.6 Å². The van der Waals surface area contributed by atoms with Crippen molar-refractivity contribution in [2.24, 2.45) is 0 Å². The van der Waals surface area contributed by atoms with Crippen LogP contribution in [0.2, 0.25) is 0 Å². The Morgan fingerprint density at radius 1 is 1.21 bits per heavy atom. The molecule has 24 heavy (non-hydrogen) atoms. The Hall–Kier alpha value is -2.89. The number of aromatic nitrogens is 2. The zero-order valence-electron chi connectivity index (χ0n) is 13.4. The lowest BCUT2D eigenvalue weighted by Gasteiger charge is -2.06. The quantitative estimate of drug-likeness (QED) is 0.757. The highest BCUT2D eigenvalue weighted by atomic mass is 19.1. The molecule has 0 saturated heterocycles. The Morgan fingerprint density at radius 3 is 2.79 bits per heavy atom. The van der Waals surface area contributed by atoms with Gasteiger partial charge in [0.05, 0.1) is 12.2 Å². The smallest absolute Gasteiger partial charge is 0.315 e. The Morgan fingerprint density at radius 2 is 2.00 bits per heavy atom. The molecule has 0 atom stereocenters. The van der Waals surface area contributed by atoms with Gasteiger partial charge in [-0.1, -0.05) is 12.1 Å². The van der Waals surface area contributed by atoms with E-state index in [1.807, 2.05) is 35.9 Å². The third-order valence-corrected chi connectivity index (χ3v) is 3.71. The van der Waals surface area contributed by atoms with Crippen LogP contribution in [0.4, 0.5) is 9.18 Å². The summed E-state index contributed by atoms with van der Waals surface area (Å²) in [5, 5.41) is 5.56. The molecular formula is C18H19FN4O. The molecule has 3 aromatic rings. The number of nitrogens with zero attached hydrogens (tertiary/aromatic N) is 2. The third kappa shape index (κ3) is 4.10. The maximum atomic E-state index is 12.8. The van der Waals surface area contributed by atoms with Crippen LogP contribution in [0.25, 0.3) is 5.65 Å². The molecule has 0 saturated carbocycles. The van der Waals surface area contributed by atoms with Crippen molar-refractivity contribution >= 4 is 11.7 Å². The first-order valence-corrected chi connectivity index (χ1v) is 7.80. The molecule has 0 radical (unpaired) electrons. The average Bonchev–Trinajstić information content (AvgIpc) is 2.97. The number of carbonyl (C=O) groups is 1. The second-order valence-electron chi connectivity index (χ2n) is 5.69. The Kier molecular flexibility index (Phi) is 4.74. The normalized spacial score (nSPS) is 10.8. The molecule has 0 aliphatic carbocycles. The van der Waals surface area contributed by atoms with E-state index in [1.54, 1.807) is 12.1 Å². The van der Waals surface area contributed by atoms with Gasteiger partial charge in [0, 0.05) is 18.9 Å². The lowest BCUT2D eigenvalue weighted by Crippen LogP contribution is -2.36. The van der Waals surface area contributed by atoms with Crippen molar-refractivity contribution in [3.05, 3.63) is 71.4 Å². The van der Waals surface area contributed by atoms with Gasteiger partial charge in [0.15, 0.2) is 0 Å². The van der Waals surface area contributed by atoms with Gasteiger partial charge >= 0.3 is 6.03 Å². The van der Waals surface area contributed by atoms with Crippen LogP contribution >= 0.6 is 0 Å². The van der Waals surface area contributed by atoms with Crippen molar-refractivity contribution in [2.45, 2.75) is 19.9 Å². The molecular weight excluding hydrogens is 307 g/mol. The molecule has 124 valence electrons. The van der Waals surface area contributed by atoms with E-state index in [1.165, 1.54) is 12.1 Å². The highest BCUT2D eigenvalue weighted by Crippen LogP contribution is 2.07. The van der Waals surface area contributed by atoms with E-state index < -0.39 is 0 Å². The highest BCUT2D eigenvalue weighted by Gasteiger charge is 2.04. The number of fused-ring (bicyclic) bond motifs is 1. The third-order valence-electron chi connectivity index (χ3n) is 3.71. The number of amides is 2. The number of benzene rings is 1. The molecule has 3 rings (SSSR count). The second-order valence-corrected chi connectivity index (χ2v) is 5.69. The van der Waals surface area contributed by atoms with Gasteiger partial charge < -0.3 is 15.0 Å². The Bertz CT molecular complexity index is 842. The van der Waals surface area contributed by atoms with E-state index in [9.17, 15) is 9.18 Å². The molecule has 6 heteroatoms. The minimum Gasteiger partial charge on any atom is -0.338 e. The number of imidazole rings is 1. The molecule has 0 aliphatic heterocycles. The SMILES string of the molecule is Cc1ccn2cc(CNC(=O)NCCc3ccc(F)cc3)nc2c1. The van der Waals surface area contributed by atoms with Crippen LogP contribution in [0.15, 0.2) is 48.8 Å². The van der Waals surface area contributed by atoms with Gasteiger partial charge in [-0.3, -0.25) is 0 Å². The molecule has 0 spiro atoms. The first kappa shape index (κ1) is 16.0. The van der Waals surface area contributed by atoms with Gasteiger partial charge in [-0.05, 0) is 48.7 Å². The summed E-state index contributed by atoms with van der Waals surface area (Å²) in [6.07, 6.45) is 4.50. The van der Waals surface area contributed by atoms with Crippen molar-refractivity contribution in [3.8, 4) is 0 Å². The number of pyridine rings is 1. The molecule has 2 N–H and O–H groups in total. The van der Waals surface area contributed by atoms with Crippen molar-refractivity contribution in [1.29, 1.82) is 0 Å². The minimum atomic E-state index is -0.257. The lowest BCUT2D eigenvalue weighted by atomic mass is 10.1. The van der Waals surface area contributed by atoms with Crippen LogP contribution in [0.5, 0.6) is 0 Å². The fraction of sp³-hybridized carbons (Fsp3) is 0.222. The van der Waals surface area contributed by atoms with Gasteiger partial charge in [-0.25, -0.2) is 14.2 Å². The summed E-state index contributed by atoms with van der Waals surface area (Å²) in [6, 6.07) is 10.0. The summed E-state index contributed by atoms with van der Waals surface area (Å²) in [4.78, 5) is 16.3. The first-order chi connectivity index (χ1) is 11.6. The molecule has 0 unspecified atom stereocenters. The standard InChI is InChI=1S/C18H19FN4O/c1-13-7-9-23-12-16(22-17(23)10-13)11-21-18(24)20-8-6-14-2-4-15(19)5-3-14/h2-5,7,9-10,12H,6,8,11H2,1H3,(H2,20,21,24). The molecule has 0 aliphatic rings. The predicted molar refractivity (Wildman–Crippen MR) is 90.3 cm³/mol. The topological polar surface area (TPSA) is 58.4 Å². The van der Waals surface area contributed by atoms with E-state index in [0.717, 1.165) is 22.5 Å². The van der Waals surface area contributed by atoms with Crippen molar-refractivity contribution in [2.75, 3.05) is 6.54 Å². The summed E-state index contributed by atoms with van der Waals surface area (Å²) in [5.74, 6) is -0.257. The number of nitrogens with one attached hydrogen (secondary N) is 2. The summed E-state index contributed by atoms with van der Waals surface area (Å²) >= 11 is 0. The largest absolute Gasteiger partial charge is 0.338 e. The van der Waals surface area contributed by atoms with E-state index in [0.29, 0.717) is 19.5 Å². The monoisotopic (exact) mass is 326 g/mol. The van der Waals surface area contributed by atoms with Gasteiger partial charge in [0.1, 0.15) is 11.5 Å². The maximum Gasteiger partial charge on any atom is 0.315 e. The number of urea groups is 1. The zero-order valence-corrected chi connectivity index (χ0v) is 13.4. The number of halogens is 1. The summed E-state index contributed by atoms with van der Waals surface area (Å²) in [7, 11) is 0. The Balaban J connectivity index is 1.45. The number of hydrogen-bond donors (Lipinski definition) is 2. The van der Waals surface area contributed by atoms with E-state index >= 15 is 0 Å². The van der Waals surface area contributed by atoms with Crippen LogP contribution in [-0.4, -0.2) is 22.0 Å². The lowest BCUT2D eigenvalue weighted by molar-refractivity contribution is 0.240. The molecule has 2 heterocycles. The number of carbonyl (C=O) groups excluding carboxylic acids is 1. The van der Waals surface area contributed by atoms with Gasteiger partial charge in [0.25, 0.3) is 0 Å². The number of hydrogen-bond acceptors (Lipinski definition) is 2. The van der Waals surface area contributed by atoms with Gasteiger partial charge in [-0.15, -0.1) is 0 Å². The van der Waals surface area contributed by atoms with Crippen LogP contribution in [0, 0.1) is 12.7 Å². The summed E-state index contributed by atoms with van der Waals surface area (Å²) in [5.41, 5.74) is 3.79. The predicted octanol–water partition coefficient (Wildman–Crippen LogP) is 2.82. The van der Waals surface area contributed by atoms with Crippen LogP contribution in [0.3, 0.4) is 0 Å². The summed E-state index contributed by atoms with van der Waals surface area (Å²) < 4.78 is 14.7. The first-order valence-electron chi connectivity index (χ1n) is 7.80. The van der Waals surface area contributed by atoms with Crippen molar-refractivity contribution in [1.82, 2.24) is 20.0 Å². The van der Waals surface area contributed by atoms with Crippen LogP contribution in [-0.2, 0) is 13.0 Å². The fourth-order valence-electron chi connectivity index (χ4n) is 2.43. The second kappa shape index (κ2) is 7.12. The highest BCUT2D eigenvalue weighted by molar-refractivity contribution is 5.73. The fourth-order valence-corrected chi connectivity index (χ4v) is 2.43. The van der Waals surface area contributed by atoms with E-state index in [-0.39, 0.29) is 11.8 Å². The molecule has 2 aromatic heterocycles. The molecule has 2 amide bonds. The zero-order chi connectivity index (χ0) is 16.9. The van der Waals surface area contributed by atoms with Crippen LogP contribution in [0.1, 0.15) is 16.8 Å². The average molecular weight is 326 g/mol. The molecule has 0 fully saturated rings. The van der Waals surface area contributed by atoms with Gasteiger partial charge in [0.2, 0.25) is 0 Å². The molecule has 0 bridgehead atoms. The molecule has 5 nitrogen and oxygen atoms in total. The van der Waals surface area contributed by atoms with Crippen LogP contribution < -0.4 is 10.6 Å². The van der Waals surface area contributed by atoms with E-state index in [4.69, 9.17) is 0 Å². The van der Waals surface area contributed by atoms with Crippen molar-refractivity contribution in [3.63, 3.8) is 0 Å².